The second-order valence-electron chi connectivity index (χ2n) is 13.8. The second kappa shape index (κ2) is 10.8. The van der Waals surface area contributed by atoms with Gasteiger partial charge in [-0.2, -0.15) is 0 Å². The molecule has 2 heterocycles. The number of hydrogen-bond donors (Lipinski definition) is 0. The van der Waals surface area contributed by atoms with Crippen LogP contribution in [-0.2, 0) is 5.41 Å². The number of para-hydroxylation sites is 1. The van der Waals surface area contributed by atoms with E-state index < -0.39 is 0 Å². The van der Waals surface area contributed by atoms with E-state index in [4.69, 9.17) is 14.4 Å². The van der Waals surface area contributed by atoms with Gasteiger partial charge in [0.15, 0.2) is 5.82 Å². The summed E-state index contributed by atoms with van der Waals surface area (Å²) in [6.45, 7) is 4.66. The highest BCUT2D eigenvalue weighted by atomic mass is 16.3. The van der Waals surface area contributed by atoms with E-state index in [0.29, 0.717) is 5.82 Å². The second-order valence-corrected chi connectivity index (χ2v) is 13.8. The normalized spacial score (nSPS) is 13.2. The molecule has 3 nitrogen and oxygen atoms in total. The van der Waals surface area contributed by atoms with E-state index in [2.05, 4.69) is 153 Å². The summed E-state index contributed by atoms with van der Waals surface area (Å²) in [7, 11) is 0. The lowest BCUT2D eigenvalue weighted by molar-refractivity contribution is 0.660. The van der Waals surface area contributed by atoms with Gasteiger partial charge >= 0.3 is 0 Å². The van der Waals surface area contributed by atoms with Crippen molar-refractivity contribution in [3.63, 3.8) is 0 Å². The lowest BCUT2D eigenvalue weighted by atomic mass is 9.82. The maximum absolute atomic E-state index is 6.14. The molecule has 50 heavy (non-hydrogen) atoms. The number of nitrogens with zero attached hydrogens (tertiary/aromatic N) is 2. The van der Waals surface area contributed by atoms with Crippen LogP contribution < -0.4 is 0 Å². The van der Waals surface area contributed by atoms with E-state index in [1.807, 2.05) is 18.2 Å². The zero-order chi connectivity index (χ0) is 33.4. The number of hydrogen-bond acceptors (Lipinski definition) is 3. The molecule has 0 radical (unpaired) electrons. The summed E-state index contributed by atoms with van der Waals surface area (Å²) in [5, 5.41) is 4.48. The van der Waals surface area contributed by atoms with Gasteiger partial charge in [0.2, 0.25) is 0 Å². The minimum Gasteiger partial charge on any atom is -0.456 e. The van der Waals surface area contributed by atoms with Gasteiger partial charge in [-0.05, 0) is 86.6 Å². The van der Waals surface area contributed by atoms with E-state index in [1.54, 1.807) is 0 Å². The average Bonchev–Trinajstić information content (AvgIpc) is 3.66. The Bertz CT molecular complexity index is 2790. The predicted octanol–water partition coefficient (Wildman–Crippen LogP) is 12.5. The maximum atomic E-state index is 6.14. The first-order valence-corrected chi connectivity index (χ1v) is 17.2. The van der Waals surface area contributed by atoms with Crippen LogP contribution in [0.25, 0.3) is 88.9 Å². The Balaban J connectivity index is 1.15. The highest BCUT2D eigenvalue weighted by Crippen LogP contribution is 2.50. The van der Waals surface area contributed by atoms with Crippen LogP contribution in [0.2, 0.25) is 0 Å². The van der Waals surface area contributed by atoms with Gasteiger partial charge in [-0.3, -0.25) is 0 Å². The summed E-state index contributed by atoms with van der Waals surface area (Å²) in [5.41, 5.74) is 14.4. The van der Waals surface area contributed by atoms with Gasteiger partial charge in [-0.1, -0.05) is 129 Å². The molecule has 0 aliphatic heterocycles. The van der Waals surface area contributed by atoms with E-state index in [0.717, 1.165) is 55.4 Å². The summed E-state index contributed by atoms with van der Waals surface area (Å²) < 4.78 is 6.14. The number of aromatic nitrogens is 2. The van der Waals surface area contributed by atoms with Crippen molar-refractivity contribution in [1.82, 2.24) is 9.97 Å². The molecule has 0 saturated heterocycles. The molecule has 236 valence electrons. The Labute approximate surface area is 290 Å². The quantitative estimate of drug-likeness (QED) is 0.192. The van der Waals surface area contributed by atoms with Crippen molar-refractivity contribution in [3.8, 4) is 56.2 Å². The molecule has 1 aliphatic carbocycles. The van der Waals surface area contributed by atoms with Gasteiger partial charge in [-0.15, -0.1) is 0 Å². The molecule has 0 amide bonds. The maximum Gasteiger partial charge on any atom is 0.161 e. The minimum atomic E-state index is -0.0234. The molecule has 7 aromatic carbocycles. The van der Waals surface area contributed by atoms with E-state index in [-0.39, 0.29) is 5.41 Å². The van der Waals surface area contributed by atoms with Gasteiger partial charge in [0, 0.05) is 32.9 Å². The number of fused-ring (bicyclic) bond motifs is 7. The molecule has 2 aromatic heterocycles. The molecule has 0 unspecified atom stereocenters. The smallest absolute Gasteiger partial charge is 0.161 e. The molecule has 9 aromatic rings. The van der Waals surface area contributed by atoms with Gasteiger partial charge in [0.1, 0.15) is 11.2 Å². The third-order valence-corrected chi connectivity index (χ3v) is 10.5. The van der Waals surface area contributed by atoms with E-state index in [1.165, 1.54) is 38.8 Å². The Kier molecular flexibility index (Phi) is 6.22. The van der Waals surface area contributed by atoms with Gasteiger partial charge < -0.3 is 4.42 Å². The lowest BCUT2D eigenvalue weighted by Crippen LogP contribution is -2.14. The fourth-order valence-electron chi connectivity index (χ4n) is 7.99. The van der Waals surface area contributed by atoms with Crippen LogP contribution in [0.5, 0.6) is 0 Å². The van der Waals surface area contributed by atoms with Crippen molar-refractivity contribution in [3.05, 3.63) is 169 Å². The minimum absolute atomic E-state index is 0.0234. The first kappa shape index (κ1) is 28.7. The summed E-state index contributed by atoms with van der Waals surface area (Å²) in [6.07, 6.45) is 0. The third-order valence-electron chi connectivity index (χ3n) is 10.5. The molecule has 0 bridgehead atoms. The molecular formula is C47H32N2O. The van der Waals surface area contributed by atoms with Crippen molar-refractivity contribution >= 4 is 32.7 Å². The molecular weight excluding hydrogens is 609 g/mol. The van der Waals surface area contributed by atoms with Crippen LogP contribution in [0.4, 0.5) is 0 Å². The Morgan fingerprint density at radius 3 is 1.86 bits per heavy atom. The Morgan fingerprint density at radius 1 is 0.400 bits per heavy atom. The SMILES string of the molecule is CC1(C)c2ccccc2-c2cc(-c3ccc(-c4nc(-c5ccccc5)cc(-c5ccc6oc7ccccc7c6c5)n4)c4ccccc34)ccc21. The number of furan rings is 1. The van der Waals surface area contributed by atoms with E-state index >= 15 is 0 Å². The van der Waals surface area contributed by atoms with Gasteiger partial charge in [0.25, 0.3) is 0 Å². The molecule has 0 N–H and O–H groups in total. The fraction of sp³-hybridized carbons (Fsp3) is 0.0638. The molecule has 10 rings (SSSR count). The zero-order valence-corrected chi connectivity index (χ0v) is 27.8. The van der Waals surface area contributed by atoms with Crippen LogP contribution in [-0.4, -0.2) is 9.97 Å². The summed E-state index contributed by atoms with van der Waals surface area (Å²) in [6, 6.07) is 55.9. The fourth-order valence-corrected chi connectivity index (χ4v) is 7.99. The monoisotopic (exact) mass is 640 g/mol. The van der Waals surface area contributed by atoms with Crippen LogP contribution in [0.1, 0.15) is 25.0 Å². The Morgan fingerprint density at radius 2 is 1.02 bits per heavy atom. The number of benzene rings is 7. The van der Waals surface area contributed by atoms with Crippen LogP contribution in [0.3, 0.4) is 0 Å². The first-order valence-electron chi connectivity index (χ1n) is 17.2. The van der Waals surface area contributed by atoms with Gasteiger partial charge in [-0.25, -0.2) is 9.97 Å². The third kappa shape index (κ3) is 4.37. The van der Waals surface area contributed by atoms with Crippen molar-refractivity contribution in [2.45, 2.75) is 19.3 Å². The Hall–Kier alpha value is -6.32. The summed E-state index contributed by atoms with van der Waals surface area (Å²) >= 11 is 0. The first-order chi connectivity index (χ1) is 24.5. The average molecular weight is 641 g/mol. The van der Waals surface area contributed by atoms with Crippen molar-refractivity contribution < 1.29 is 4.42 Å². The highest BCUT2D eigenvalue weighted by molar-refractivity contribution is 6.07. The van der Waals surface area contributed by atoms with E-state index in [9.17, 15) is 0 Å². The molecule has 0 atom stereocenters. The van der Waals surface area contributed by atoms with Crippen LogP contribution >= 0.6 is 0 Å². The largest absolute Gasteiger partial charge is 0.456 e. The van der Waals surface area contributed by atoms with Crippen molar-refractivity contribution in [1.29, 1.82) is 0 Å². The summed E-state index contributed by atoms with van der Waals surface area (Å²) in [5.74, 6) is 0.700. The predicted molar refractivity (Wildman–Crippen MR) is 206 cm³/mol. The summed E-state index contributed by atoms with van der Waals surface area (Å²) in [4.78, 5) is 10.5. The molecule has 0 spiro atoms. The zero-order valence-electron chi connectivity index (χ0n) is 27.8. The topological polar surface area (TPSA) is 38.9 Å². The number of rotatable bonds is 4. The van der Waals surface area contributed by atoms with Crippen molar-refractivity contribution in [2.75, 3.05) is 0 Å². The van der Waals surface area contributed by atoms with Gasteiger partial charge in [0.05, 0.1) is 11.4 Å². The lowest BCUT2D eigenvalue weighted by Gasteiger charge is -2.21. The molecule has 0 saturated carbocycles. The molecule has 3 heteroatoms. The highest BCUT2D eigenvalue weighted by Gasteiger charge is 2.35. The van der Waals surface area contributed by atoms with Crippen LogP contribution in [0, 0.1) is 0 Å². The van der Waals surface area contributed by atoms with Crippen molar-refractivity contribution in [2.24, 2.45) is 0 Å². The molecule has 0 fully saturated rings. The van der Waals surface area contributed by atoms with Crippen LogP contribution in [0.15, 0.2) is 162 Å². The standard InChI is InChI=1S/C47H32N2O/c1-47(2)40-18-10-8-16-35(40)38-26-30(20-24-41(38)47)32-22-23-37(34-15-7-6-14-33(32)34)46-48-42(29-12-4-3-5-13-29)28-43(49-46)31-21-25-45-39(27-31)36-17-9-11-19-44(36)50-45/h3-28H,1-2H3. The molecule has 1 aliphatic rings.